The standard InChI is InChI=1S/C100H62N8O2/c1-59-37-47-85-75(53-59)69-25-9-15-31-81(69)105(85)94-93(61-39-41-64(42-40-61)98-102-96(62-21-5-3-6-22-62)101-97(103-98)63-23-7-4-8-24-63)95(106-82-32-16-10-26-70(82)76-54-60(2)38-48-86(76)106)100(108-84-34-18-12-28-72(84)78-56-66(44-50-88(78)108)68-46-52-92-80(58-68)74-30-14-20-36-90(74)110-92)104-99(94)107-83-33-17-11-27-71(83)77-55-65(43-49-87(77)107)67-45-51-91-79(57-67)73-29-13-19-35-89(73)109-91/h3-58H,1-2H3. The predicted molar refractivity (Wildman–Crippen MR) is 452 cm³/mol. The van der Waals surface area contributed by atoms with Gasteiger partial charge >= 0.3 is 0 Å². The summed E-state index contributed by atoms with van der Waals surface area (Å²) in [5, 5.41) is 13.2. The van der Waals surface area contributed by atoms with Crippen molar-refractivity contribution in [1.82, 2.24) is 38.2 Å². The molecule has 0 atom stereocenters. The van der Waals surface area contributed by atoms with E-state index in [-0.39, 0.29) is 0 Å². The lowest BCUT2D eigenvalue weighted by molar-refractivity contribution is 0.668. The fourth-order valence-corrected chi connectivity index (χ4v) is 17.5. The molecule has 10 nitrogen and oxygen atoms in total. The summed E-state index contributed by atoms with van der Waals surface area (Å²) in [6.45, 7) is 4.38. The molecule has 8 aromatic heterocycles. The van der Waals surface area contributed by atoms with Crippen molar-refractivity contribution in [3.8, 4) is 90.6 Å². The minimum Gasteiger partial charge on any atom is -0.456 e. The molecule has 110 heavy (non-hydrogen) atoms. The molecule has 514 valence electrons. The SMILES string of the molecule is Cc1ccc2c(c1)c1ccccc1n2-c1c(-n2c3ccccc3c3cc(-c4ccc5oc6ccccc6c5c4)ccc32)nc(-n2c3ccccc3c3cc(-c4ccc5oc6ccccc6c5c4)ccc32)c(-n2c3ccccc3c3cc(C)ccc32)c1-c1ccc(-c2nc(-c3ccccc3)nc(-c3ccccc3)n2)cc1. The van der Waals surface area contributed by atoms with Crippen LogP contribution < -0.4 is 0 Å². The van der Waals surface area contributed by atoms with Crippen LogP contribution in [0.4, 0.5) is 0 Å². The van der Waals surface area contributed by atoms with E-state index in [2.05, 4.69) is 311 Å². The maximum Gasteiger partial charge on any atom is 0.165 e. The van der Waals surface area contributed by atoms with Crippen LogP contribution in [0.3, 0.4) is 0 Å². The fraction of sp³-hybridized carbons (Fsp3) is 0.0200. The number of para-hydroxylation sites is 6. The summed E-state index contributed by atoms with van der Waals surface area (Å²) in [6.07, 6.45) is 0. The van der Waals surface area contributed by atoms with Gasteiger partial charge in [0.15, 0.2) is 29.1 Å². The fourth-order valence-electron chi connectivity index (χ4n) is 17.5. The molecule has 0 bridgehead atoms. The Hall–Kier alpha value is -14.7. The van der Waals surface area contributed by atoms with Gasteiger partial charge in [-0.1, -0.05) is 242 Å². The molecule has 0 unspecified atom stereocenters. The summed E-state index contributed by atoms with van der Waals surface area (Å²) in [4.78, 5) is 22.5. The third kappa shape index (κ3) is 9.36. The van der Waals surface area contributed by atoms with Gasteiger partial charge in [-0.15, -0.1) is 0 Å². The molecular formula is C100H62N8O2. The number of aromatic nitrogens is 8. The molecule has 0 aliphatic heterocycles. The molecule has 8 heterocycles. The van der Waals surface area contributed by atoms with Gasteiger partial charge in [-0.05, 0) is 151 Å². The van der Waals surface area contributed by atoms with Crippen molar-refractivity contribution in [2.75, 3.05) is 0 Å². The Labute approximate surface area is 629 Å². The molecule has 0 fully saturated rings. The third-order valence-electron chi connectivity index (χ3n) is 22.5. The molecular weight excluding hydrogens is 1350 g/mol. The van der Waals surface area contributed by atoms with E-state index in [0.717, 1.165) is 204 Å². The Bertz CT molecular complexity index is 7370. The molecule has 0 saturated heterocycles. The smallest absolute Gasteiger partial charge is 0.165 e. The van der Waals surface area contributed by atoms with Crippen molar-refractivity contribution < 1.29 is 8.83 Å². The number of rotatable bonds is 10. The molecule has 0 radical (unpaired) electrons. The highest BCUT2D eigenvalue weighted by atomic mass is 16.3. The second-order valence-corrected chi connectivity index (χ2v) is 29.0. The maximum absolute atomic E-state index is 6.67. The summed E-state index contributed by atoms with van der Waals surface area (Å²) < 4.78 is 22.8. The number of hydrogen-bond donors (Lipinski definition) is 0. The van der Waals surface area contributed by atoms with Crippen molar-refractivity contribution >= 4 is 131 Å². The van der Waals surface area contributed by atoms with E-state index in [0.29, 0.717) is 17.5 Å². The van der Waals surface area contributed by atoms with E-state index >= 15 is 0 Å². The van der Waals surface area contributed by atoms with Crippen LogP contribution in [-0.2, 0) is 0 Å². The molecule has 0 spiro atoms. The minimum atomic E-state index is 0.557. The third-order valence-corrected chi connectivity index (χ3v) is 22.5. The first-order valence-corrected chi connectivity index (χ1v) is 37.3. The zero-order valence-corrected chi connectivity index (χ0v) is 59.7. The Balaban J connectivity index is 0.888. The largest absolute Gasteiger partial charge is 0.456 e. The molecule has 0 saturated carbocycles. The van der Waals surface area contributed by atoms with Gasteiger partial charge in [-0.2, -0.15) is 0 Å². The second kappa shape index (κ2) is 23.9. The zero-order chi connectivity index (χ0) is 72.4. The van der Waals surface area contributed by atoms with Gasteiger partial charge < -0.3 is 18.0 Å². The van der Waals surface area contributed by atoms with Gasteiger partial charge in [-0.25, -0.2) is 19.9 Å². The normalized spacial score (nSPS) is 12.1. The first kappa shape index (κ1) is 61.6. The summed E-state index contributed by atoms with van der Waals surface area (Å²) in [7, 11) is 0. The quantitative estimate of drug-likeness (QED) is 0.135. The average molecular weight is 1410 g/mol. The van der Waals surface area contributed by atoms with E-state index in [1.165, 1.54) is 11.1 Å². The molecule has 0 N–H and O–H groups in total. The second-order valence-electron chi connectivity index (χ2n) is 29.0. The number of fused-ring (bicyclic) bond motifs is 18. The molecule has 23 aromatic rings. The molecule has 0 aliphatic rings. The van der Waals surface area contributed by atoms with E-state index in [9.17, 15) is 0 Å². The van der Waals surface area contributed by atoms with Crippen LogP contribution in [0.15, 0.2) is 349 Å². The van der Waals surface area contributed by atoms with E-state index in [4.69, 9.17) is 28.8 Å². The van der Waals surface area contributed by atoms with Crippen LogP contribution in [-0.4, -0.2) is 38.2 Å². The van der Waals surface area contributed by atoms with Gasteiger partial charge in [-0.3, -0.25) is 9.13 Å². The Morgan fingerprint density at radius 1 is 0.200 bits per heavy atom. The summed E-state index contributed by atoms with van der Waals surface area (Å²) in [5.74, 6) is 3.20. The number of aryl methyl sites for hydroxylation is 2. The highest BCUT2D eigenvalue weighted by Gasteiger charge is 2.33. The Morgan fingerprint density at radius 2 is 0.482 bits per heavy atom. The van der Waals surface area contributed by atoms with Crippen molar-refractivity contribution in [3.63, 3.8) is 0 Å². The van der Waals surface area contributed by atoms with Crippen LogP contribution >= 0.6 is 0 Å². The van der Waals surface area contributed by atoms with Gasteiger partial charge in [0.2, 0.25) is 0 Å². The van der Waals surface area contributed by atoms with Gasteiger partial charge in [0.05, 0.1) is 44.1 Å². The molecule has 10 heteroatoms. The molecule has 0 aliphatic carbocycles. The highest BCUT2D eigenvalue weighted by molar-refractivity contribution is 6.18. The van der Waals surface area contributed by atoms with Crippen molar-refractivity contribution in [2.45, 2.75) is 13.8 Å². The van der Waals surface area contributed by atoms with Crippen molar-refractivity contribution in [1.29, 1.82) is 0 Å². The van der Waals surface area contributed by atoms with Crippen LogP contribution in [0.2, 0.25) is 0 Å². The van der Waals surface area contributed by atoms with E-state index < -0.39 is 0 Å². The number of benzene rings is 15. The van der Waals surface area contributed by atoms with Crippen molar-refractivity contribution in [2.24, 2.45) is 0 Å². The topological polar surface area (TPSA) is 97.6 Å². The number of furan rings is 2. The first-order chi connectivity index (χ1) is 54.3. The van der Waals surface area contributed by atoms with Crippen LogP contribution in [0.1, 0.15) is 11.1 Å². The van der Waals surface area contributed by atoms with Gasteiger partial charge in [0.25, 0.3) is 0 Å². The Kier molecular flexibility index (Phi) is 13.4. The number of hydrogen-bond acceptors (Lipinski definition) is 6. The van der Waals surface area contributed by atoms with Crippen LogP contribution in [0.25, 0.3) is 222 Å². The first-order valence-electron chi connectivity index (χ1n) is 37.3. The summed E-state index contributed by atoms with van der Waals surface area (Å²) in [5.41, 5.74) is 24.6. The van der Waals surface area contributed by atoms with E-state index in [1.807, 2.05) is 60.7 Å². The summed E-state index contributed by atoms with van der Waals surface area (Å²) in [6, 6.07) is 122. The summed E-state index contributed by atoms with van der Waals surface area (Å²) >= 11 is 0. The monoisotopic (exact) mass is 1410 g/mol. The van der Waals surface area contributed by atoms with Gasteiger partial charge in [0, 0.05) is 86.9 Å². The lowest BCUT2D eigenvalue weighted by atomic mass is 9.98. The molecule has 15 aromatic carbocycles. The molecule has 23 rings (SSSR count). The lowest BCUT2D eigenvalue weighted by Crippen LogP contribution is -2.16. The lowest BCUT2D eigenvalue weighted by Gasteiger charge is -2.27. The zero-order valence-electron chi connectivity index (χ0n) is 59.7. The predicted octanol–water partition coefficient (Wildman–Crippen LogP) is 26.1. The van der Waals surface area contributed by atoms with Crippen LogP contribution in [0.5, 0.6) is 0 Å². The van der Waals surface area contributed by atoms with Crippen molar-refractivity contribution in [3.05, 3.63) is 351 Å². The average Bonchev–Trinajstić information content (AvgIpc) is 1.50. The van der Waals surface area contributed by atoms with Gasteiger partial charge in [0.1, 0.15) is 33.7 Å². The van der Waals surface area contributed by atoms with Crippen LogP contribution in [0, 0.1) is 13.8 Å². The highest BCUT2D eigenvalue weighted by Crippen LogP contribution is 2.51. The number of nitrogens with zero attached hydrogens (tertiary/aromatic N) is 8. The minimum absolute atomic E-state index is 0.557. The van der Waals surface area contributed by atoms with E-state index in [1.54, 1.807) is 0 Å². The number of pyridine rings is 1. The maximum atomic E-state index is 6.67. The Morgan fingerprint density at radius 3 is 0.900 bits per heavy atom. The molecule has 0 amide bonds.